The molecule has 0 amide bonds. The van der Waals surface area contributed by atoms with E-state index < -0.39 is 0 Å². The van der Waals surface area contributed by atoms with Crippen LogP contribution in [0.1, 0.15) is 57.8 Å². The van der Waals surface area contributed by atoms with E-state index in [0.29, 0.717) is 6.04 Å². The second-order valence-electron chi connectivity index (χ2n) is 5.55. The number of rotatable bonds is 6. The third-order valence-corrected chi connectivity index (χ3v) is 4.21. The zero-order chi connectivity index (χ0) is 14.5. The molecular weight excluding hydrogens is 248 g/mol. The molecular formula is C16H28N4. The fourth-order valence-electron chi connectivity index (χ4n) is 3.12. The third kappa shape index (κ3) is 3.05. The Hall–Kier alpha value is -1.32. The maximum absolute atomic E-state index is 4.82. The van der Waals surface area contributed by atoms with Crippen LogP contribution in [0.3, 0.4) is 0 Å². The molecule has 4 heteroatoms. The van der Waals surface area contributed by atoms with Crippen LogP contribution in [-0.2, 0) is 6.42 Å². The van der Waals surface area contributed by atoms with Crippen molar-refractivity contribution in [2.24, 2.45) is 0 Å². The first kappa shape index (κ1) is 15.1. The molecule has 1 aromatic rings. The monoisotopic (exact) mass is 276 g/mol. The van der Waals surface area contributed by atoms with E-state index in [4.69, 9.17) is 4.98 Å². The predicted octanol–water partition coefficient (Wildman–Crippen LogP) is 3.55. The second-order valence-corrected chi connectivity index (χ2v) is 5.55. The zero-order valence-corrected chi connectivity index (χ0v) is 13.4. The molecule has 1 heterocycles. The summed E-state index contributed by atoms with van der Waals surface area (Å²) >= 11 is 0. The van der Waals surface area contributed by atoms with Gasteiger partial charge in [0, 0.05) is 31.1 Å². The molecule has 2 rings (SSSR count). The minimum absolute atomic E-state index is 0.660. The molecule has 0 saturated heterocycles. The van der Waals surface area contributed by atoms with Crippen molar-refractivity contribution in [3.05, 3.63) is 11.4 Å². The van der Waals surface area contributed by atoms with Crippen LogP contribution in [0.5, 0.6) is 0 Å². The summed E-state index contributed by atoms with van der Waals surface area (Å²) in [6.07, 6.45) is 6.19. The van der Waals surface area contributed by atoms with Crippen molar-refractivity contribution in [1.82, 2.24) is 9.97 Å². The molecule has 0 aromatic carbocycles. The maximum Gasteiger partial charge on any atom is 0.137 e. The highest BCUT2D eigenvalue weighted by atomic mass is 15.2. The average Bonchev–Trinajstić information content (AvgIpc) is 2.97. The van der Waals surface area contributed by atoms with Gasteiger partial charge in [-0.1, -0.05) is 19.8 Å². The van der Waals surface area contributed by atoms with Crippen molar-refractivity contribution in [1.29, 1.82) is 0 Å². The van der Waals surface area contributed by atoms with Crippen molar-refractivity contribution in [3.63, 3.8) is 0 Å². The summed E-state index contributed by atoms with van der Waals surface area (Å²) < 4.78 is 0. The van der Waals surface area contributed by atoms with Gasteiger partial charge >= 0.3 is 0 Å². The summed E-state index contributed by atoms with van der Waals surface area (Å²) in [7, 11) is 0. The molecule has 1 saturated carbocycles. The first-order chi connectivity index (χ1) is 9.71. The number of aromatic nitrogens is 2. The van der Waals surface area contributed by atoms with Crippen molar-refractivity contribution in [2.45, 2.75) is 65.8 Å². The summed E-state index contributed by atoms with van der Waals surface area (Å²) in [6.45, 7) is 10.5. The van der Waals surface area contributed by atoms with E-state index in [0.717, 1.165) is 37.0 Å². The molecule has 1 aromatic heterocycles. The number of anilines is 2. The average molecular weight is 276 g/mol. The van der Waals surface area contributed by atoms with E-state index in [-0.39, 0.29) is 0 Å². The van der Waals surface area contributed by atoms with Gasteiger partial charge in [0.25, 0.3) is 0 Å². The molecule has 0 atom stereocenters. The van der Waals surface area contributed by atoms with Gasteiger partial charge in [-0.05, 0) is 33.6 Å². The van der Waals surface area contributed by atoms with Gasteiger partial charge < -0.3 is 10.2 Å². The van der Waals surface area contributed by atoms with E-state index in [1.165, 1.54) is 31.2 Å². The van der Waals surface area contributed by atoms with E-state index in [1.54, 1.807) is 0 Å². The van der Waals surface area contributed by atoms with Gasteiger partial charge in [-0.25, -0.2) is 9.97 Å². The minimum Gasteiger partial charge on any atom is -0.370 e. The SMILES string of the molecule is CCNc1nc(CC)nc(N(CC)C2CCCC2)c1C. The lowest BCUT2D eigenvalue weighted by atomic mass is 10.1. The summed E-state index contributed by atoms with van der Waals surface area (Å²) in [5.74, 6) is 3.09. The smallest absolute Gasteiger partial charge is 0.137 e. The van der Waals surface area contributed by atoms with E-state index in [2.05, 4.69) is 42.9 Å². The van der Waals surface area contributed by atoms with Crippen LogP contribution < -0.4 is 10.2 Å². The van der Waals surface area contributed by atoms with Crippen LogP contribution in [0.15, 0.2) is 0 Å². The Kier molecular flexibility index (Phi) is 5.21. The third-order valence-electron chi connectivity index (χ3n) is 4.21. The largest absolute Gasteiger partial charge is 0.370 e. The van der Waals surface area contributed by atoms with Gasteiger partial charge in [0.05, 0.1) is 0 Å². The lowest BCUT2D eigenvalue weighted by Gasteiger charge is -2.31. The Morgan fingerprint density at radius 3 is 2.40 bits per heavy atom. The topological polar surface area (TPSA) is 41.1 Å². The molecule has 112 valence electrons. The normalized spacial score (nSPS) is 15.6. The fraction of sp³-hybridized carbons (Fsp3) is 0.750. The Morgan fingerprint density at radius 2 is 1.85 bits per heavy atom. The number of hydrogen-bond donors (Lipinski definition) is 1. The van der Waals surface area contributed by atoms with Crippen LogP contribution in [-0.4, -0.2) is 29.1 Å². The Morgan fingerprint density at radius 1 is 1.15 bits per heavy atom. The van der Waals surface area contributed by atoms with Gasteiger partial charge in [-0.2, -0.15) is 0 Å². The highest BCUT2D eigenvalue weighted by Crippen LogP contribution is 2.31. The quantitative estimate of drug-likeness (QED) is 0.862. The molecule has 1 aliphatic rings. The van der Waals surface area contributed by atoms with Gasteiger partial charge in [0.15, 0.2) is 0 Å². The number of nitrogens with zero attached hydrogens (tertiary/aromatic N) is 3. The van der Waals surface area contributed by atoms with E-state index in [9.17, 15) is 0 Å². The molecule has 0 unspecified atom stereocenters. The second kappa shape index (κ2) is 6.91. The van der Waals surface area contributed by atoms with Gasteiger partial charge in [0.1, 0.15) is 17.5 Å². The first-order valence-electron chi connectivity index (χ1n) is 8.09. The highest BCUT2D eigenvalue weighted by Gasteiger charge is 2.25. The highest BCUT2D eigenvalue weighted by molar-refractivity contribution is 5.59. The van der Waals surface area contributed by atoms with Gasteiger partial charge in [0.2, 0.25) is 0 Å². The summed E-state index contributed by atoms with van der Waals surface area (Å²) in [6, 6.07) is 0.660. The Balaban J connectivity index is 2.38. The lowest BCUT2D eigenvalue weighted by molar-refractivity contribution is 0.609. The molecule has 1 N–H and O–H groups in total. The fourth-order valence-corrected chi connectivity index (χ4v) is 3.12. The lowest BCUT2D eigenvalue weighted by Crippen LogP contribution is -2.34. The summed E-state index contributed by atoms with van der Waals surface area (Å²) in [5.41, 5.74) is 1.19. The number of nitrogens with one attached hydrogen (secondary N) is 1. The summed E-state index contributed by atoms with van der Waals surface area (Å²) in [4.78, 5) is 11.9. The molecule has 20 heavy (non-hydrogen) atoms. The van der Waals surface area contributed by atoms with E-state index in [1.807, 2.05) is 0 Å². The zero-order valence-electron chi connectivity index (χ0n) is 13.4. The molecule has 0 radical (unpaired) electrons. The van der Waals surface area contributed by atoms with Crippen LogP contribution in [0.4, 0.5) is 11.6 Å². The van der Waals surface area contributed by atoms with E-state index >= 15 is 0 Å². The van der Waals surface area contributed by atoms with Crippen LogP contribution in [0, 0.1) is 6.92 Å². The molecule has 0 aliphatic heterocycles. The van der Waals surface area contributed by atoms with Gasteiger partial charge in [-0.15, -0.1) is 0 Å². The minimum atomic E-state index is 0.660. The van der Waals surface area contributed by atoms with Crippen molar-refractivity contribution >= 4 is 11.6 Å². The standard InChI is InChI=1S/C16H28N4/c1-5-14-18-15(17-6-2)12(4)16(19-14)20(7-3)13-10-8-9-11-13/h13H,5-11H2,1-4H3,(H,17,18,19). The number of hydrogen-bond acceptors (Lipinski definition) is 4. The molecule has 1 aliphatic carbocycles. The predicted molar refractivity (Wildman–Crippen MR) is 85.6 cm³/mol. The van der Waals surface area contributed by atoms with Crippen LogP contribution in [0.25, 0.3) is 0 Å². The summed E-state index contributed by atoms with van der Waals surface area (Å²) in [5, 5.41) is 3.38. The maximum atomic E-state index is 4.82. The number of aryl methyl sites for hydroxylation is 1. The Labute approximate surface area is 123 Å². The van der Waals surface area contributed by atoms with Crippen molar-refractivity contribution in [2.75, 3.05) is 23.3 Å². The van der Waals surface area contributed by atoms with Crippen LogP contribution in [0.2, 0.25) is 0 Å². The molecule has 0 bridgehead atoms. The molecule has 1 fully saturated rings. The Bertz CT molecular complexity index is 438. The molecule has 4 nitrogen and oxygen atoms in total. The first-order valence-corrected chi connectivity index (χ1v) is 8.09. The van der Waals surface area contributed by atoms with Gasteiger partial charge in [-0.3, -0.25) is 0 Å². The molecule has 0 spiro atoms. The van der Waals surface area contributed by atoms with Crippen molar-refractivity contribution < 1.29 is 0 Å². The van der Waals surface area contributed by atoms with Crippen molar-refractivity contribution in [3.8, 4) is 0 Å². The van der Waals surface area contributed by atoms with Crippen LogP contribution >= 0.6 is 0 Å².